The van der Waals surface area contributed by atoms with E-state index in [0.717, 1.165) is 11.1 Å². The second-order valence-corrected chi connectivity index (χ2v) is 6.98. The Labute approximate surface area is 175 Å². The lowest BCUT2D eigenvalue weighted by atomic mass is 10.1. The number of halogens is 2. The molecule has 0 aliphatic heterocycles. The van der Waals surface area contributed by atoms with Crippen molar-refractivity contribution in [3.05, 3.63) is 53.6 Å². The smallest absolute Gasteiger partial charge is 0.315 e. The highest BCUT2D eigenvalue weighted by Crippen LogP contribution is 2.31. The van der Waals surface area contributed by atoms with Gasteiger partial charge in [0.15, 0.2) is 11.5 Å². The topological polar surface area (TPSA) is 68.8 Å². The third kappa shape index (κ3) is 7.42. The van der Waals surface area contributed by atoms with E-state index in [1.165, 1.54) is 0 Å². The number of rotatable bonds is 10. The summed E-state index contributed by atoms with van der Waals surface area (Å²) in [5, 5.41) is 5.60. The van der Waals surface area contributed by atoms with Gasteiger partial charge in [-0.2, -0.15) is 0 Å². The minimum absolute atomic E-state index is 0.0188. The van der Waals surface area contributed by atoms with Gasteiger partial charge in [0.25, 0.3) is 6.43 Å². The van der Waals surface area contributed by atoms with Crippen molar-refractivity contribution in [1.29, 1.82) is 0 Å². The summed E-state index contributed by atoms with van der Waals surface area (Å²) >= 11 is 0. The predicted molar refractivity (Wildman–Crippen MR) is 110 cm³/mol. The maximum absolute atomic E-state index is 12.3. The SMILES string of the molecule is COc1cc(C(C)NC(=O)NCc2cccc(OCC(F)F)c2)ccc1OC(C)C. The predicted octanol–water partition coefficient (Wildman–Crippen LogP) is 4.69. The molecular formula is C22H28F2N2O4. The van der Waals surface area contributed by atoms with Crippen molar-refractivity contribution in [2.45, 2.75) is 45.9 Å². The number of ether oxygens (including phenoxy) is 3. The van der Waals surface area contributed by atoms with E-state index in [1.54, 1.807) is 31.4 Å². The van der Waals surface area contributed by atoms with Gasteiger partial charge < -0.3 is 24.8 Å². The average Bonchev–Trinajstić information content (AvgIpc) is 2.71. The zero-order valence-electron chi connectivity index (χ0n) is 17.6. The van der Waals surface area contributed by atoms with Crippen LogP contribution in [0.3, 0.4) is 0 Å². The maximum atomic E-state index is 12.3. The largest absolute Gasteiger partial charge is 0.493 e. The number of carbonyl (C=O) groups is 1. The molecule has 30 heavy (non-hydrogen) atoms. The number of amides is 2. The molecule has 0 saturated heterocycles. The van der Waals surface area contributed by atoms with Gasteiger partial charge in [-0.15, -0.1) is 0 Å². The zero-order valence-corrected chi connectivity index (χ0v) is 17.6. The van der Waals surface area contributed by atoms with Crippen molar-refractivity contribution in [3.63, 3.8) is 0 Å². The molecule has 1 atom stereocenters. The summed E-state index contributed by atoms with van der Waals surface area (Å²) < 4.78 is 40.6. The molecule has 6 nitrogen and oxygen atoms in total. The summed E-state index contributed by atoms with van der Waals surface area (Å²) in [6.45, 7) is 5.29. The van der Waals surface area contributed by atoms with Crippen molar-refractivity contribution in [3.8, 4) is 17.2 Å². The lowest BCUT2D eigenvalue weighted by molar-refractivity contribution is 0.0818. The molecule has 2 amide bonds. The van der Waals surface area contributed by atoms with Crippen molar-refractivity contribution in [1.82, 2.24) is 10.6 Å². The molecule has 0 fully saturated rings. The molecule has 164 valence electrons. The molecule has 2 aromatic rings. The van der Waals surface area contributed by atoms with E-state index in [4.69, 9.17) is 14.2 Å². The van der Waals surface area contributed by atoms with Gasteiger partial charge in [-0.05, 0) is 56.2 Å². The van der Waals surface area contributed by atoms with E-state index in [-0.39, 0.29) is 24.7 Å². The number of hydrogen-bond acceptors (Lipinski definition) is 4. The van der Waals surface area contributed by atoms with Gasteiger partial charge in [0, 0.05) is 6.54 Å². The highest BCUT2D eigenvalue weighted by atomic mass is 19.3. The summed E-state index contributed by atoms with van der Waals surface area (Å²) in [5.41, 5.74) is 1.60. The minimum Gasteiger partial charge on any atom is -0.493 e. The summed E-state index contributed by atoms with van der Waals surface area (Å²) in [4.78, 5) is 12.3. The van der Waals surface area contributed by atoms with Crippen LogP contribution < -0.4 is 24.8 Å². The van der Waals surface area contributed by atoms with Gasteiger partial charge in [0.1, 0.15) is 12.4 Å². The Bertz CT molecular complexity index is 831. The lowest BCUT2D eigenvalue weighted by Gasteiger charge is -2.18. The number of urea groups is 1. The normalized spacial score (nSPS) is 11.9. The van der Waals surface area contributed by atoms with E-state index in [0.29, 0.717) is 17.2 Å². The van der Waals surface area contributed by atoms with Crippen LogP contribution in [0.2, 0.25) is 0 Å². The van der Waals surface area contributed by atoms with Crippen LogP contribution in [0, 0.1) is 0 Å². The van der Waals surface area contributed by atoms with Gasteiger partial charge in [-0.1, -0.05) is 18.2 Å². The second kappa shape index (κ2) is 11.2. The van der Waals surface area contributed by atoms with Gasteiger partial charge in [0.2, 0.25) is 0 Å². The lowest BCUT2D eigenvalue weighted by Crippen LogP contribution is -2.36. The molecule has 0 heterocycles. The first-order chi connectivity index (χ1) is 14.3. The van der Waals surface area contributed by atoms with Crippen LogP contribution in [-0.2, 0) is 6.54 Å². The van der Waals surface area contributed by atoms with Crippen LogP contribution >= 0.6 is 0 Å². The fourth-order valence-electron chi connectivity index (χ4n) is 2.72. The molecule has 0 aromatic heterocycles. The molecule has 1 unspecified atom stereocenters. The van der Waals surface area contributed by atoms with Crippen LogP contribution in [-0.4, -0.2) is 32.3 Å². The van der Waals surface area contributed by atoms with Crippen LogP contribution in [0.5, 0.6) is 17.2 Å². The van der Waals surface area contributed by atoms with E-state index < -0.39 is 13.0 Å². The molecule has 0 bridgehead atoms. The Hall–Kier alpha value is -3.03. The fraction of sp³-hybridized carbons (Fsp3) is 0.409. The van der Waals surface area contributed by atoms with E-state index in [1.807, 2.05) is 39.0 Å². The summed E-state index contributed by atoms with van der Waals surface area (Å²) in [6.07, 6.45) is -2.52. The van der Waals surface area contributed by atoms with E-state index in [2.05, 4.69) is 10.6 Å². The molecule has 0 spiro atoms. The van der Waals surface area contributed by atoms with Crippen LogP contribution in [0.1, 0.15) is 37.9 Å². The molecule has 8 heteroatoms. The molecule has 2 aromatic carbocycles. The van der Waals surface area contributed by atoms with Crippen molar-refractivity contribution >= 4 is 6.03 Å². The van der Waals surface area contributed by atoms with Gasteiger partial charge in [-0.3, -0.25) is 0 Å². The average molecular weight is 422 g/mol. The molecule has 2 N–H and O–H groups in total. The second-order valence-electron chi connectivity index (χ2n) is 6.98. The highest BCUT2D eigenvalue weighted by molar-refractivity contribution is 5.74. The van der Waals surface area contributed by atoms with Gasteiger partial charge in [0.05, 0.1) is 19.3 Å². The summed E-state index contributed by atoms with van der Waals surface area (Å²) in [5.74, 6) is 1.57. The number of carbonyl (C=O) groups excluding carboxylic acids is 1. The number of benzene rings is 2. The Balaban J connectivity index is 1.91. The monoisotopic (exact) mass is 422 g/mol. The summed E-state index contributed by atoms with van der Waals surface area (Å²) in [7, 11) is 1.57. The van der Waals surface area contributed by atoms with Gasteiger partial charge >= 0.3 is 6.03 Å². The quantitative estimate of drug-likeness (QED) is 0.583. The van der Waals surface area contributed by atoms with Crippen molar-refractivity contribution in [2.75, 3.05) is 13.7 Å². The molecular weight excluding hydrogens is 394 g/mol. The molecule has 2 rings (SSSR count). The Morgan fingerprint density at radius 3 is 2.50 bits per heavy atom. The third-order valence-electron chi connectivity index (χ3n) is 4.13. The first-order valence-electron chi connectivity index (χ1n) is 9.67. The van der Waals surface area contributed by atoms with Crippen molar-refractivity contribution < 1.29 is 27.8 Å². The molecule has 0 radical (unpaired) electrons. The Kier molecular flexibility index (Phi) is 8.70. The summed E-state index contributed by atoms with van der Waals surface area (Å²) in [6, 6.07) is 11.5. The fourth-order valence-corrected chi connectivity index (χ4v) is 2.72. The third-order valence-corrected chi connectivity index (χ3v) is 4.13. The van der Waals surface area contributed by atoms with Crippen LogP contribution in [0.25, 0.3) is 0 Å². The molecule has 0 saturated carbocycles. The zero-order chi connectivity index (χ0) is 22.1. The Morgan fingerprint density at radius 2 is 1.83 bits per heavy atom. The first kappa shape index (κ1) is 23.3. The Morgan fingerprint density at radius 1 is 1.07 bits per heavy atom. The van der Waals surface area contributed by atoms with Crippen LogP contribution in [0.4, 0.5) is 13.6 Å². The molecule has 0 aliphatic rings. The van der Waals surface area contributed by atoms with Crippen LogP contribution in [0.15, 0.2) is 42.5 Å². The van der Waals surface area contributed by atoms with Crippen molar-refractivity contribution in [2.24, 2.45) is 0 Å². The number of methoxy groups -OCH3 is 1. The highest BCUT2D eigenvalue weighted by Gasteiger charge is 2.14. The number of hydrogen-bond donors (Lipinski definition) is 2. The number of nitrogens with one attached hydrogen (secondary N) is 2. The van der Waals surface area contributed by atoms with E-state index in [9.17, 15) is 13.6 Å². The first-order valence-corrected chi connectivity index (χ1v) is 9.67. The molecule has 0 aliphatic carbocycles. The number of alkyl halides is 2. The van der Waals surface area contributed by atoms with Gasteiger partial charge in [-0.25, -0.2) is 13.6 Å². The van der Waals surface area contributed by atoms with E-state index >= 15 is 0 Å². The minimum atomic E-state index is -2.54. The standard InChI is InChI=1S/C22H28F2N2O4/c1-14(2)30-19-9-8-17(11-20(19)28-4)15(3)26-22(27)25-12-16-6-5-7-18(10-16)29-13-21(23)24/h5-11,14-15,21H,12-13H2,1-4H3,(H2,25,26,27). The maximum Gasteiger partial charge on any atom is 0.315 e.